The first kappa shape index (κ1) is 13.8. The number of likely N-dealkylation sites (N-methyl/N-ethyl adjacent to an activating group) is 1. The van der Waals surface area contributed by atoms with Gasteiger partial charge in [0.2, 0.25) is 10.0 Å². The molecule has 1 aromatic carbocycles. The van der Waals surface area contributed by atoms with E-state index in [0.29, 0.717) is 25.3 Å². The number of benzene rings is 1. The van der Waals surface area contributed by atoms with E-state index in [-0.39, 0.29) is 0 Å². The lowest BCUT2D eigenvalue weighted by Gasteiger charge is -2.18. The summed E-state index contributed by atoms with van der Waals surface area (Å²) in [6, 6.07) is 7.34. The lowest BCUT2D eigenvalue weighted by Crippen LogP contribution is -2.33. The van der Waals surface area contributed by atoms with Crippen LogP contribution in [0.4, 0.5) is 11.4 Å². The van der Waals surface area contributed by atoms with Crippen molar-refractivity contribution in [3.63, 3.8) is 0 Å². The Hall–Kier alpha value is -1.27. The smallest absolute Gasteiger partial charge is 0.211 e. The molecule has 6 heteroatoms. The molecule has 0 aliphatic rings. The van der Waals surface area contributed by atoms with E-state index >= 15 is 0 Å². The normalized spacial score (nSPS) is 11.7. The van der Waals surface area contributed by atoms with Gasteiger partial charge in [0.25, 0.3) is 0 Å². The van der Waals surface area contributed by atoms with Crippen LogP contribution < -0.4 is 11.1 Å². The maximum Gasteiger partial charge on any atom is 0.211 e. The van der Waals surface area contributed by atoms with E-state index in [4.69, 9.17) is 5.73 Å². The number of hydrogen-bond acceptors (Lipinski definition) is 4. The van der Waals surface area contributed by atoms with E-state index in [0.717, 1.165) is 5.69 Å². The first-order chi connectivity index (χ1) is 7.93. The van der Waals surface area contributed by atoms with Crippen molar-refractivity contribution in [3.05, 3.63) is 24.3 Å². The molecule has 1 aromatic rings. The molecule has 0 aliphatic carbocycles. The van der Waals surface area contributed by atoms with Crippen molar-refractivity contribution in [3.8, 4) is 0 Å². The first-order valence-corrected chi connectivity index (χ1v) is 7.33. The lowest BCUT2D eigenvalue weighted by atomic mass is 10.3. The molecule has 0 aromatic heterocycles. The van der Waals surface area contributed by atoms with Gasteiger partial charge in [-0.3, -0.25) is 0 Å². The molecule has 3 N–H and O–H groups in total. The highest BCUT2D eigenvalue weighted by molar-refractivity contribution is 7.88. The van der Waals surface area contributed by atoms with Crippen LogP contribution in [-0.2, 0) is 10.0 Å². The summed E-state index contributed by atoms with van der Waals surface area (Å²) in [5.74, 6) is 0. The number of nitrogens with zero attached hydrogens (tertiary/aromatic N) is 1. The van der Waals surface area contributed by atoms with Gasteiger partial charge in [0.05, 0.1) is 6.26 Å². The predicted octanol–water partition coefficient (Wildman–Crippen LogP) is 0.962. The van der Waals surface area contributed by atoms with Crippen LogP contribution in [-0.4, -0.2) is 38.6 Å². The van der Waals surface area contributed by atoms with E-state index in [9.17, 15) is 8.42 Å². The second kappa shape index (κ2) is 5.88. The van der Waals surface area contributed by atoms with Gasteiger partial charge < -0.3 is 11.1 Å². The Balaban J connectivity index is 2.44. The third-order valence-electron chi connectivity index (χ3n) is 2.42. The summed E-state index contributed by atoms with van der Waals surface area (Å²) in [5, 5.41) is 3.15. The zero-order chi connectivity index (χ0) is 12.9. The standard InChI is InChI=1S/C11H19N3O2S/c1-3-14(17(2,15)16)9-8-13-11-6-4-10(12)5-7-11/h4-7,13H,3,8-9,12H2,1-2H3. The van der Waals surface area contributed by atoms with E-state index in [1.54, 1.807) is 12.1 Å². The molecule has 0 aliphatic heterocycles. The third kappa shape index (κ3) is 4.62. The van der Waals surface area contributed by atoms with Crippen LogP contribution in [0.5, 0.6) is 0 Å². The molecule has 0 unspecified atom stereocenters. The van der Waals surface area contributed by atoms with Crippen LogP contribution in [0.3, 0.4) is 0 Å². The highest BCUT2D eigenvalue weighted by Gasteiger charge is 2.12. The van der Waals surface area contributed by atoms with E-state index in [2.05, 4.69) is 5.32 Å². The average molecular weight is 257 g/mol. The van der Waals surface area contributed by atoms with E-state index in [1.807, 2.05) is 19.1 Å². The third-order valence-corrected chi connectivity index (χ3v) is 3.80. The number of anilines is 2. The van der Waals surface area contributed by atoms with Gasteiger partial charge in [-0.05, 0) is 24.3 Å². The highest BCUT2D eigenvalue weighted by atomic mass is 32.2. The highest BCUT2D eigenvalue weighted by Crippen LogP contribution is 2.10. The predicted molar refractivity (Wildman–Crippen MR) is 71.4 cm³/mol. The van der Waals surface area contributed by atoms with Crippen molar-refractivity contribution in [1.29, 1.82) is 0 Å². The molecular formula is C11H19N3O2S. The Morgan fingerprint density at radius 1 is 1.29 bits per heavy atom. The quantitative estimate of drug-likeness (QED) is 0.744. The Morgan fingerprint density at radius 2 is 1.88 bits per heavy atom. The molecule has 96 valence electrons. The molecule has 0 heterocycles. The fourth-order valence-corrected chi connectivity index (χ4v) is 2.38. The van der Waals surface area contributed by atoms with Gasteiger partial charge in [-0.25, -0.2) is 12.7 Å². The number of nitrogens with one attached hydrogen (secondary N) is 1. The Kier molecular flexibility index (Phi) is 4.77. The zero-order valence-electron chi connectivity index (χ0n) is 10.2. The minimum Gasteiger partial charge on any atom is -0.399 e. The second-order valence-electron chi connectivity index (χ2n) is 3.80. The van der Waals surface area contributed by atoms with Gasteiger partial charge >= 0.3 is 0 Å². The molecule has 0 spiro atoms. The molecule has 0 saturated heterocycles. The molecule has 0 fully saturated rings. The summed E-state index contributed by atoms with van der Waals surface area (Å²) in [5.41, 5.74) is 7.21. The van der Waals surface area contributed by atoms with Crippen LogP contribution >= 0.6 is 0 Å². The summed E-state index contributed by atoms with van der Waals surface area (Å²) >= 11 is 0. The lowest BCUT2D eigenvalue weighted by molar-refractivity contribution is 0.444. The Morgan fingerprint density at radius 3 is 2.35 bits per heavy atom. The Bertz CT molecular complexity index is 442. The maximum atomic E-state index is 11.3. The monoisotopic (exact) mass is 257 g/mol. The van der Waals surface area contributed by atoms with Crippen LogP contribution in [0.25, 0.3) is 0 Å². The minimum absolute atomic E-state index is 0.458. The van der Waals surface area contributed by atoms with Gasteiger partial charge in [-0.2, -0.15) is 0 Å². The topological polar surface area (TPSA) is 75.4 Å². The van der Waals surface area contributed by atoms with Gasteiger partial charge in [-0.1, -0.05) is 6.92 Å². The SMILES string of the molecule is CCN(CCNc1ccc(N)cc1)S(C)(=O)=O. The fourth-order valence-electron chi connectivity index (χ4n) is 1.48. The Labute approximate surface area is 103 Å². The molecule has 0 radical (unpaired) electrons. The van der Waals surface area contributed by atoms with Crippen molar-refractivity contribution < 1.29 is 8.42 Å². The molecule has 0 atom stereocenters. The summed E-state index contributed by atoms with van der Waals surface area (Å²) in [4.78, 5) is 0. The summed E-state index contributed by atoms with van der Waals surface area (Å²) in [7, 11) is -3.10. The number of nitrogens with two attached hydrogens (primary N) is 1. The number of nitrogen functional groups attached to an aromatic ring is 1. The summed E-state index contributed by atoms with van der Waals surface area (Å²) < 4.78 is 24.1. The van der Waals surface area contributed by atoms with Crippen LogP contribution in [0.1, 0.15) is 6.92 Å². The van der Waals surface area contributed by atoms with E-state index in [1.165, 1.54) is 10.6 Å². The number of sulfonamides is 1. The first-order valence-electron chi connectivity index (χ1n) is 5.48. The maximum absolute atomic E-state index is 11.3. The molecular weight excluding hydrogens is 238 g/mol. The van der Waals surface area contributed by atoms with Crippen LogP contribution in [0.2, 0.25) is 0 Å². The largest absolute Gasteiger partial charge is 0.399 e. The molecule has 0 saturated carbocycles. The molecule has 0 bridgehead atoms. The molecule has 0 amide bonds. The van der Waals surface area contributed by atoms with Gasteiger partial charge in [0, 0.05) is 31.0 Å². The van der Waals surface area contributed by atoms with Gasteiger partial charge in [-0.15, -0.1) is 0 Å². The van der Waals surface area contributed by atoms with Crippen molar-refractivity contribution in [2.75, 3.05) is 36.9 Å². The molecule has 17 heavy (non-hydrogen) atoms. The van der Waals surface area contributed by atoms with Crippen LogP contribution in [0, 0.1) is 0 Å². The average Bonchev–Trinajstić information content (AvgIpc) is 2.25. The zero-order valence-corrected chi connectivity index (χ0v) is 11.0. The molecule has 5 nitrogen and oxygen atoms in total. The molecule has 1 rings (SSSR count). The summed E-state index contributed by atoms with van der Waals surface area (Å²) in [6.07, 6.45) is 1.22. The minimum atomic E-state index is -3.10. The van der Waals surface area contributed by atoms with E-state index < -0.39 is 10.0 Å². The summed E-state index contributed by atoms with van der Waals surface area (Å²) in [6.45, 7) is 3.34. The van der Waals surface area contributed by atoms with Crippen molar-refractivity contribution in [2.45, 2.75) is 6.92 Å². The van der Waals surface area contributed by atoms with Crippen molar-refractivity contribution >= 4 is 21.4 Å². The van der Waals surface area contributed by atoms with Gasteiger partial charge in [0.15, 0.2) is 0 Å². The van der Waals surface area contributed by atoms with Crippen molar-refractivity contribution in [2.24, 2.45) is 0 Å². The number of rotatable bonds is 6. The van der Waals surface area contributed by atoms with Gasteiger partial charge in [0.1, 0.15) is 0 Å². The number of hydrogen-bond donors (Lipinski definition) is 2. The van der Waals surface area contributed by atoms with Crippen molar-refractivity contribution in [1.82, 2.24) is 4.31 Å². The van der Waals surface area contributed by atoms with Crippen LogP contribution in [0.15, 0.2) is 24.3 Å². The fraction of sp³-hybridized carbons (Fsp3) is 0.455. The second-order valence-corrected chi connectivity index (χ2v) is 5.79.